The molecule has 0 aromatic heterocycles. The minimum absolute atomic E-state index is 0.0816. The molecule has 2 N–H and O–H groups in total. The summed E-state index contributed by atoms with van der Waals surface area (Å²) in [5, 5.41) is 5.07. The molecule has 4 aromatic carbocycles. The lowest BCUT2D eigenvalue weighted by Crippen LogP contribution is -2.45. The number of carbonyl (C=O) groups is 3. The molecule has 2 amide bonds. The molecule has 5 rings (SSSR count). The van der Waals surface area contributed by atoms with Gasteiger partial charge in [-0.25, -0.2) is 9.59 Å². The van der Waals surface area contributed by atoms with Crippen LogP contribution in [0.4, 0.5) is 4.79 Å². The number of nitrogens with one attached hydrogen (secondary N) is 2. The highest BCUT2D eigenvalue weighted by Gasteiger charge is 2.32. The normalized spacial score (nSPS) is 12.7. The van der Waals surface area contributed by atoms with Gasteiger partial charge in [-0.2, -0.15) is 0 Å². The molecule has 0 saturated carbocycles. The van der Waals surface area contributed by atoms with Crippen LogP contribution in [0, 0.1) is 0 Å². The molecular weight excluding hydrogens is 504 g/mol. The van der Waals surface area contributed by atoms with E-state index < -0.39 is 30.1 Å². The summed E-state index contributed by atoms with van der Waals surface area (Å²) in [5.74, 6) is -1.30. The fourth-order valence-corrected chi connectivity index (χ4v) is 5.05. The smallest absolute Gasteiger partial charge is 0.407 e. The predicted octanol–water partition coefficient (Wildman–Crippen LogP) is 5.36. The van der Waals surface area contributed by atoms with Crippen molar-refractivity contribution < 1.29 is 23.9 Å². The van der Waals surface area contributed by atoms with Crippen molar-refractivity contribution >= 4 is 18.0 Å². The van der Waals surface area contributed by atoms with E-state index in [0.29, 0.717) is 0 Å². The van der Waals surface area contributed by atoms with E-state index in [1.165, 1.54) is 7.05 Å². The molecule has 7 heteroatoms. The largest absolute Gasteiger partial charge is 0.451 e. The molecule has 202 valence electrons. The molecule has 4 aromatic rings. The average molecular weight is 535 g/mol. The van der Waals surface area contributed by atoms with Gasteiger partial charge >= 0.3 is 12.1 Å². The Hall–Kier alpha value is -4.91. The van der Waals surface area contributed by atoms with Crippen molar-refractivity contribution in [2.45, 2.75) is 24.5 Å². The Morgan fingerprint density at radius 3 is 1.75 bits per heavy atom. The van der Waals surface area contributed by atoms with Crippen molar-refractivity contribution in [3.8, 4) is 11.1 Å². The molecule has 7 nitrogen and oxygen atoms in total. The molecule has 0 aliphatic heterocycles. The van der Waals surface area contributed by atoms with Crippen LogP contribution in [0.5, 0.6) is 0 Å². The number of rotatable bonds is 9. The number of benzene rings is 4. The standard InChI is InChI=1S/C33H30N2O5/c1-34-30(36)20-29(32(37)40-31(22-12-4-2-5-13-22)23-14-6-3-7-15-23)35-33(38)39-21-28-26-18-10-8-16-24(26)25-17-9-11-19-27(25)28/h2-19,28-29,31H,20-21H2,1H3,(H,34,36)(H,35,38). The maximum atomic E-state index is 13.4. The van der Waals surface area contributed by atoms with Gasteiger partial charge in [0, 0.05) is 13.0 Å². The molecule has 1 aliphatic carbocycles. The van der Waals surface area contributed by atoms with Gasteiger partial charge in [-0.1, -0.05) is 109 Å². The van der Waals surface area contributed by atoms with E-state index in [9.17, 15) is 14.4 Å². The Bertz CT molecular complexity index is 1400. The number of amides is 2. The minimum Gasteiger partial charge on any atom is -0.451 e. The fraction of sp³-hybridized carbons (Fsp3) is 0.182. The van der Waals surface area contributed by atoms with Gasteiger partial charge in [-0.05, 0) is 33.4 Å². The zero-order chi connectivity index (χ0) is 27.9. The molecule has 0 spiro atoms. The molecule has 1 unspecified atom stereocenters. The van der Waals surface area contributed by atoms with E-state index in [-0.39, 0.29) is 18.9 Å². The van der Waals surface area contributed by atoms with Gasteiger partial charge in [0.25, 0.3) is 0 Å². The van der Waals surface area contributed by atoms with E-state index in [1.54, 1.807) is 0 Å². The van der Waals surface area contributed by atoms with Gasteiger partial charge < -0.3 is 20.1 Å². The van der Waals surface area contributed by atoms with E-state index in [4.69, 9.17) is 9.47 Å². The predicted molar refractivity (Wildman–Crippen MR) is 151 cm³/mol. The first-order valence-corrected chi connectivity index (χ1v) is 13.2. The third-order valence-corrected chi connectivity index (χ3v) is 7.03. The van der Waals surface area contributed by atoms with Gasteiger partial charge in [0.1, 0.15) is 12.6 Å². The third kappa shape index (κ3) is 5.89. The second kappa shape index (κ2) is 12.3. The lowest BCUT2D eigenvalue weighted by Gasteiger charge is -2.23. The summed E-state index contributed by atoms with van der Waals surface area (Å²) in [5.41, 5.74) is 5.91. The fourth-order valence-electron chi connectivity index (χ4n) is 5.05. The first-order chi connectivity index (χ1) is 19.5. The molecule has 0 saturated heterocycles. The molecule has 0 radical (unpaired) electrons. The van der Waals surface area contributed by atoms with Gasteiger partial charge in [0.15, 0.2) is 6.10 Å². The molecule has 0 fully saturated rings. The first-order valence-electron chi connectivity index (χ1n) is 13.2. The number of ether oxygens (including phenoxy) is 2. The van der Waals surface area contributed by atoms with Gasteiger partial charge in [0.2, 0.25) is 5.91 Å². The Balaban J connectivity index is 1.31. The van der Waals surface area contributed by atoms with Crippen molar-refractivity contribution in [2.24, 2.45) is 0 Å². The van der Waals surface area contributed by atoms with Crippen molar-refractivity contribution in [2.75, 3.05) is 13.7 Å². The highest BCUT2D eigenvalue weighted by Crippen LogP contribution is 2.44. The van der Waals surface area contributed by atoms with E-state index >= 15 is 0 Å². The number of alkyl carbamates (subject to hydrolysis) is 1. The Morgan fingerprint density at radius 1 is 0.725 bits per heavy atom. The average Bonchev–Trinajstić information content (AvgIpc) is 3.32. The van der Waals surface area contributed by atoms with E-state index in [2.05, 4.69) is 22.8 Å². The molecule has 40 heavy (non-hydrogen) atoms. The molecule has 0 bridgehead atoms. The second-order valence-corrected chi connectivity index (χ2v) is 9.54. The molecular formula is C33H30N2O5. The van der Waals surface area contributed by atoms with Crippen LogP contribution in [0.15, 0.2) is 109 Å². The molecule has 0 heterocycles. The molecule has 1 atom stereocenters. The van der Waals surface area contributed by atoms with Crippen LogP contribution in [0.2, 0.25) is 0 Å². The van der Waals surface area contributed by atoms with Crippen molar-refractivity contribution in [1.29, 1.82) is 0 Å². The first kappa shape index (κ1) is 26.7. The number of fused-ring (bicyclic) bond motifs is 3. The van der Waals surface area contributed by atoms with Crippen LogP contribution in [0.3, 0.4) is 0 Å². The topological polar surface area (TPSA) is 93.7 Å². The maximum Gasteiger partial charge on any atom is 0.407 e. The zero-order valence-corrected chi connectivity index (χ0v) is 22.1. The Morgan fingerprint density at radius 2 is 1.23 bits per heavy atom. The lowest BCUT2D eigenvalue weighted by molar-refractivity contribution is -0.151. The highest BCUT2D eigenvalue weighted by molar-refractivity contribution is 5.88. The summed E-state index contributed by atoms with van der Waals surface area (Å²) in [6.07, 6.45) is -1.81. The number of carbonyl (C=O) groups excluding carboxylic acids is 3. The van der Waals surface area contributed by atoms with Crippen molar-refractivity contribution in [1.82, 2.24) is 10.6 Å². The monoisotopic (exact) mass is 534 g/mol. The van der Waals surface area contributed by atoms with Crippen LogP contribution < -0.4 is 10.6 Å². The van der Waals surface area contributed by atoms with Crippen molar-refractivity contribution in [3.63, 3.8) is 0 Å². The SMILES string of the molecule is CNC(=O)CC(NC(=O)OCC1c2ccccc2-c2ccccc21)C(=O)OC(c1ccccc1)c1ccccc1. The number of hydrogen-bond acceptors (Lipinski definition) is 5. The third-order valence-electron chi connectivity index (χ3n) is 7.03. The van der Waals surface area contributed by atoms with Crippen LogP contribution in [0.1, 0.15) is 40.7 Å². The van der Waals surface area contributed by atoms with Crippen LogP contribution >= 0.6 is 0 Å². The summed E-state index contributed by atoms with van der Waals surface area (Å²) in [6.45, 7) is 0.0816. The summed E-state index contributed by atoms with van der Waals surface area (Å²) >= 11 is 0. The van der Waals surface area contributed by atoms with E-state index in [0.717, 1.165) is 33.4 Å². The molecule has 1 aliphatic rings. The minimum atomic E-state index is -1.24. The summed E-state index contributed by atoms with van der Waals surface area (Å²) in [4.78, 5) is 38.6. The maximum absolute atomic E-state index is 13.4. The summed E-state index contributed by atoms with van der Waals surface area (Å²) < 4.78 is 11.5. The number of esters is 1. The van der Waals surface area contributed by atoms with Crippen LogP contribution in [-0.2, 0) is 19.1 Å². The quantitative estimate of drug-likeness (QED) is 0.282. The van der Waals surface area contributed by atoms with Crippen LogP contribution in [0.25, 0.3) is 11.1 Å². The Kier molecular flexibility index (Phi) is 8.21. The Labute approximate surface area is 233 Å². The second-order valence-electron chi connectivity index (χ2n) is 9.54. The number of hydrogen-bond donors (Lipinski definition) is 2. The van der Waals surface area contributed by atoms with Crippen LogP contribution in [-0.4, -0.2) is 37.7 Å². The lowest BCUT2D eigenvalue weighted by atomic mass is 9.98. The van der Waals surface area contributed by atoms with Gasteiger partial charge in [-0.3, -0.25) is 4.79 Å². The summed E-state index contributed by atoms with van der Waals surface area (Å²) in [7, 11) is 1.47. The summed E-state index contributed by atoms with van der Waals surface area (Å²) in [6, 6.07) is 33.4. The van der Waals surface area contributed by atoms with E-state index in [1.807, 2.05) is 97.1 Å². The van der Waals surface area contributed by atoms with Gasteiger partial charge in [0.05, 0.1) is 6.42 Å². The highest BCUT2D eigenvalue weighted by atomic mass is 16.6. The zero-order valence-electron chi connectivity index (χ0n) is 22.1. The van der Waals surface area contributed by atoms with Gasteiger partial charge in [-0.15, -0.1) is 0 Å². The van der Waals surface area contributed by atoms with Crippen molar-refractivity contribution in [3.05, 3.63) is 131 Å².